The summed E-state index contributed by atoms with van der Waals surface area (Å²) in [6.07, 6.45) is 0. The van der Waals surface area contributed by atoms with E-state index in [1.165, 1.54) is 18.2 Å². The van der Waals surface area contributed by atoms with Crippen LogP contribution in [-0.4, -0.2) is 12.5 Å². The molecule has 6 heteroatoms. The van der Waals surface area contributed by atoms with Gasteiger partial charge in [-0.2, -0.15) is 5.26 Å². The van der Waals surface area contributed by atoms with E-state index >= 15 is 0 Å². The van der Waals surface area contributed by atoms with Crippen LogP contribution in [0.15, 0.2) is 72.8 Å². The predicted molar refractivity (Wildman–Crippen MR) is 107 cm³/mol. The van der Waals surface area contributed by atoms with Crippen LogP contribution in [0.2, 0.25) is 5.02 Å². The van der Waals surface area contributed by atoms with Crippen LogP contribution < -0.4 is 10.6 Å². The summed E-state index contributed by atoms with van der Waals surface area (Å²) in [5, 5.41) is 15.1. The van der Waals surface area contributed by atoms with Gasteiger partial charge in [-0.05, 0) is 41.5 Å². The largest absolute Gasteiger partial charge is 0.325 e. The van der Waals surface area contributed by atoms with Gasteiger partial charge < -0.3 is 5.32 Å². The molecule has 0 spiro atoms. The van der Waals surface area contributed by atoms with E-state index in [1.54, 1.807) is 24.3 Å². The molecular formula is C22H17ClFN3O. The van der Waals surface area contributed by atoms with Gasteiger partial charge >= 0.3 is 0 Å². The van der Waals surface area contributed by atoms with E-state index in [-0.39, 0.29) is 29.3 Å². The van der Waals surface area contributed by atoms with Gasteiger partial charge in [-0.15, -0.1) is 0 Å². The Kier molecular flexibility index (Phi) is 6.38. The molecule has 0 aliphatic rings. The van der Waals surface area contributed by atoms with Crippen molar-refractivity contribution in [1.29, 1.82) is 5.26 Å². The molecule has 0 aromatic heterocycles. The molecule has 3 aromatic rings. The number of amides is 1. The van der Waals surface area contributed by atoms with Gasteiger partial charge in [0, 0.05) is 5.69 Å². The van der Waals surface area contributed by atoms with E-state index in [9.17, 15) is 9.18 Å². The van der Waals surface area contributed by atoms with Gasteiger partial charge in [-0.25, -0.2) is 4.39 Å². The van der Waals surface area contributed by atoms with Crippen LogP contribution in [0.5, 0.6) is 0 Å². The average Bonchev–Trinajstić information content (AvgIpc) is 2.70. The molecule has 140 valence electrons. The van der Waals surface area contributed by atoms with E-state index in [0.717, 1.165) is 11.1 Å². The van der Waals surface area contributed by atoms with E-state index in [2.05, 4.69) is 10.6 Å². The molecule has 1 amide bonds. The quantitative estimate of drug-likeness (QED) is 0.639. The zero-order valence-electron chi connectivity index (χ0n) is 14.8. The number of nitrogens with one attached hydrogen (secondary N) is 2. The van der Waals surface area contributed by atoms with Crippen LogP contribution in [0.4, 0.5) is 10.1 Å². The molecule has 28 heavy (non-hydrogen) atoms. The smallest absolute Gasteiger partial charge is 0.238 e. The summed E-state index contributed by atoms with van der Waals surface area (Å²) in [6.45, 7) is 0.0363. The molecule has 0 radical (unpaired) electrons. The van der Waals surface area contributed by atoms with Crippen molar-refractivity contribution < 1.29 is 9.18 Å². The van der Waals surface area contributed by atoms with Crippen LogP contribution in [0, 0.1) is 17.1 Å². The highest BCUT2D eigenvalue weighted by molar-refractivity contribution is 6.32. The maximum atomic E-state index is 13.3. The molecule has 0 fully saturated rings. The highest BCUT2D eigenvalue weighted by Gasteiger charge is 2.15. The number of hydrogen-bond acceptors (Lipinski definition) is 3. The van der Waals surface area contributed by atoms with E-state index in [1.807, 2.05) is 36.4 Å². The first-order valence-electron chi connectivity index (χ1n) is 8.60. The van der Waals surface area contributed by atoms with Gasteiger partial charge in [-0.3, -0.25) is 10.1 Å². The first kappa shape index (κ1) is 19.6. The summed E-state index contributed by atoms with van der Waals surface area (Å²) in [5.74, 6) is -0.574. The Morgan fingerprint density at radius 2 is 1.71 bits per heavy atom. The van der Waals surface area contributed by atoms with E-state index < -0.39 is 0 Å². The SMILES string of the molecule is N#Cc1ccc(NC(=O)CNC(c2ccccc2)c2ccc(F)cc2)cc1Cl. The summed E-state index contributed by atoms with van der Waals surface area (Å²) in [4.78, 5) is 12.4. The fraction of sp³-hybridized carbons (Fsp3) is 0.0909. The minimum atomic E-state index is -0.314. The van der Waals surface area contributed by atoms with Crippen molar-refractivity contribution in [3.63, 3.8) is 0 Å². The molecule has 0 bridgehead atoms. The number of nitriles is 1. The molecule has 3 rings (SSSR count). The normalized spacial score (nSPS) is 11.5. The summed E-state index contributed by atoms with van der Waals surface area (Å²) >= 11 is 5.99. The summed E-state index contributed by atoms with van der Waals surface area (Å²) in [6, 6.07) is 22.2. The third-order valence-electron chi connectivity index (χ3n) is 4.18. The van der Waals surface area contributed by atoms with Crippen LogP contribution >= 0.6 is 11.6 Å². The van der Waals surface area contributed by atoms with Gasteiger partial charge in [0.15, 0.2) is 0 Å². The fourth-order valence-electron chi connectivity index (χ4n) is 2.81. The Labute approximate surface area is 167 Å². The zero-order chi connectivity index (χ0) is 19.9. The minimum absolute atomic E-state index is 0.0363. The summed E-state index contributed by atoms with van der Waals surface area (Å²) in [5.41, 5.74) is 2.66. The summed E-state index contributed by atoms with van der Waals surface area (Å²) < 4.78 is 13.3. The van der Waals surface area contributed by atoms with Gasteiger partial charge in [-0.1, -0.05) is 54.1 Å². The molecule has 4 nitrogen and oxygen atoms in total. The lowest BCUT2D eigenvalue weighted by Crippen LogP contribution is -2.32. The number of nitrogens with zero attached hydrogens (tertiary/aromatic N) is 1. The third-order valence-corrected chi connectivity index (χ3v) is 4.49. The first-order chi connectivity index (χ1) is 13.6. The second-order valence-corrected chi connectivity index (χ2v) is 6.54. The van der Waals surface area contributed by atoms with Gasteiger partial charge in [0.05, 0.1) is 23.2 Å². The molecular weight excluding hydrogens is 377 g/mol. The third kappa shape index (κ3) is 4.95. The predicted octanol–water partition coefficient (Wildman–Crippen LogP) is 4.67. The molecule has 1 unspecified atom stereocenters. The summed E-state index contributed by atoms with van der Waals surface area (Å²) in [7, 11) is 0. The molecule has 2 N–H and O–H groups in total. The van der Waals surface area contributed by atoms with Crippen molar-refractivity contribution in [3.05, 3.63) is 100 Å². The molecule has 1 atom stereocenters. The second kappa shape index (κ2) is 9.14. The Morgan fingerprint density at radius 3 is 2.36 bits per heavy atom. The lowest BCUT2D eigenvalue weighted by molar-refractivity contribution is -0.115. The van der Waals surface area contributed by atoms with E-state index in [0.29, 0.717) is 11.3 Å². The van der Waals surface area contributed by atoms with Crippen molar-refractivity contribution in [3.8, 4) is 6.07 Å². The van der Waals surface area contributed by atoms with Crippen LogP contribution in [0.1, 0.15) is 22.7 Å². The topological polar surface area (TPSA) is 64.9 Å². The lowest BCUT2D eigenvalue weighted by Gasteiger charge is -2.20. The molecule has 0 saturated carbocycles. The van der Waals surface area contributed by atoms with Crippen molar-refractivity contribution >= 4 is 23.2 Å². The zero-order valence-corrected chi connectivity index (χ0v) is 15.6. The minimum Gasteiger partial charge on any atom is -0.325 e. The van der Waals surface area contributed by atoms with E-state index in [4.69, 9.17) is 16.9 Å². The standard InChI is InChI=1S/C22H17ClFN3O/c23-20-12-19(11-8-17(20)13-25)27-21(28)14-26-22(15-4-2-1-3-5-15)16-6-9-18(24)10-7-16/h1-12,22,26H,14H2,(H,27,28). The Hall–Kier alpha value is -3.20. The van der Waals surface area contributed by atoms with Gasteiger partial charge in [0.1, 0.15) is 11.9 Å². The number of anilines is 1. The van der Waals surface area contributed by atoms with Crippen LogP contribution in [0.25, 0.3) is 0 Å². The van der Waals surface area contributed by atoms with Gasteiger partial charge in [0.25, 0.3) is 0 Å². The average molecular weight is 394 g/mol. The lowest BCUT2D eigenvalue weighted by atomic mass is 9.98. The molecule has 0 aliphatic heterocycles. The number of benzene rings is 3. The maximum absolute atomic E-state index is 13.3. The number of carbonyl (C=O) groups excluding carboxylic acids is 1. The number of halogens is 2. The number of rotatable bonds is 6. The molecule has 0 saturated heterocycles. The van der Waals surface area contributed by atoms with Crippen LogP contribution in [0.3, 0.4) is 0 Å². The molecule has 3 aromatic carbocycles. The highest BCUT2D eigenvalue weighted by Crippen LogP contribution is 2.23. The Bertz CT molecular complexity index is 1000. The number of carbonyl (C=O) groups is 1. The first-order valence-corrected chi connectivity index (χ1v) is 8.98. The van der Waals surface area contributed by atoms with Crippen molar-refractivity contribution in [2.45, 2.75) is 6.04 Å². The van der Waals surface area contributed by atoms with Gasteiger partial charge in [0.2, 0.25) is 5.91 Å². The Balaban J connectivity index is 1.71. The monoisotopic (exact) mass is 393 g/mol. The maximum Gasteiger partial charge on any atom is 0.238 e. The molecule has 0 heterocycles. The number of hydrogen-bond donors (Lipinski definition) is 2. The second-order valence-electron chi connectivity index (χ2n) is 6.13. The molecule has 0 aliphatic carbocycles. The van der Waals surface area contributed by atoms with Crippen molar-refractivity contribution in [1.82, 2.24) is 5.32 Å². The van der Waals surface area contributed by atoms with Crippen molar-refractivity contribution in [2.24, 2.45) is 0 Å². The Morgan fingerprint density at radius 1 is 1.04 bits per heavy atom. The highest BCUT2D eigenvalue weighted by atomic mass is 35.5. The van der Waals surface area contributed by atoms with Crippen molar-refractivity contribution in [2.75, 3.05) is 11.9 Å². The van der Waals surface area contributed by atoms with Crippen LogP contribution in [-0.2, 0) is 4.79 Å². The fourth-order valence-corrected chi connectivity index (χ4v) is 3.04.